The van der Waals surface area contributed by atoms with Crippen molar-refractivity contribution in [2.45, 2.75) is 13.3 Å². The summed E-state index contributed by atoms with van der Waals surface area (Å²) < 4.78 is 1.00. The second-order valence-corrected chi connectivity index (χ2v) is 4.51. The van der Waals surface area contributed by atoms with Crippen LogP contribution in [-0.2, 0) is 9.59 Å². The van der Waals surface area contributed by atoms with Gasteiger partial charge in [-0.3, -0.25) is 19.7 Å². The maximum Gasteiger partial charge on any atom is 0.257 e. The first-order chi connectivity index (χ1) is 7.49. The van der Waals surface area contributed by atoms with Gasteiger partial charge in [-0.15, -0.1) is 0 Å². The number of Topliss-reactive ketones (excluding diaryl/α,β-unsaturated/α-hetero) is 1. The number of carbonyl (C=O) groups is 3. The van der Waals surface area contributed by atoms with Gasteiger partial charge in [-0.05, 0) is 53.8 Å². The topological polar surface area (TPSA) is 63.2 Å². The molecule has 0 atom stereocenters. The van der Waals surface area contributed by atoms with Gasteiger partial charge in [-0.1, -0.05) is 0 Å². The number of carbonyl (C=O) groups excluding carboxylic acids is 3. The summed E-state index contributed by atoms with van der Waals surface area (Å²) in [5.74, 6) is -1.33. The van der Waals surface area contributed by atoms with E-state index in [9.17, 15) is 14.4 Å². The Balaban J connectivity index is 2.62. The van der Waals surface area contributed by atoms with Gasteiger partial charge in [0.05, 0.1) is 6.42 Å². The second kappa shape index (κ2) is 5.74. The molecular formula is C11H10INO3. The third-order valence-corrected chi connectivity index (χ3v) is 2.49. The lowest BCUT2D eigenvalue weighted by Crippen LogP contribution is -2.31. The molecule has 16 heavy (non-hydrogen) atoms. The highest BCUT2D eigenvalue weighted by Crippen LogP contribution is 2.06. The summed E-state index contributed by atoms with van der Waals surface area (Å²) in [4.78, 5) is 33.3. The molecule has 5 heteroatoms. The van der Waals surface area contributed by atoms with Crippen molar-refractivity contribution in [3.63, 3.8) is 0 Å². The first kappa shape index (κ1) is 12.8. The van der Waals surface area contributed by atoms with Crippen LogP contribution in [0.5, 0.6) is 0 Å². The van der Waals surface area contributed by atoms with Crippen LogP contribution in [0.25, 0.3) is 0 Å². The number of hydrogen-bond donors (Lipinski definition) is 1. The molecule has 0 fully saturated rings. The number of imide groups is 1. The molecule has 1 N–H and O–H groups in total. The van der Waals surface area contributed by atoms with Crippen LogP contribution in [0, 0.1) is 3.57 Å². The van der Waals surface area contributed by atoms with E-state index in [1.165, 1.54) is 6.92 Å². The van der Waals surface area contributed by atoms with E-state index in [4.69, 9.17) is 0 Å². The Kier molecular flexibility index (Phi) is 4.60. The monoisotopic (exact) mass is 331 g/mol. The third-order valence-electron chi connectivity index (χ3n) is 1.77. The zero-order valence-corrected chi connectivity index (χ0v) is 10.8. The van der Waals surface area contributed by atoms with Gasteiger partial charge in [-0.25, -0.2) is 0 Å². The van der Waals surface area contributed by atoms with Gasteiger partial charge in [0.15, 0.2) is 0 Å². The van der Waals surface area contributed by atoms with Gasteiger partial charge in [0, 0.05) is 9.13 Å². The summed E-state index contributed by atoms with van der Waals surface area (Å²) >= 11 is 2.12. The standard InChI is InChI=1S/C11H10INO3/c1-7(14)6-10(15)13-11(16)8-2-4-9(12)5-3-8/h2-5H,6H2,1H3,(H,13,15,16). The summed E-state index contributed by atoms with van der Waals surface area (Å²) in [6.45, 7) is 1.30. The molecule has 1 aromatic rings. The molecule has 0 spiro atoms. The van der Waals surface area contributed by atoms with Crippen LogP contribution in [0.15, 0.2) is 24.3 Å². The van der Waals surface area contributed by atoms with Crippen LogP contribution in [0.2, 0.25) is 0 Å². The van der Waals surface area contributed by atoms with E-state index < -0.39 is 11.8 Å². The molecular weight excluding hydrogens is 321 g/mol. The Morgan fingerprint density at radius 2 is 1.75 bits per heavy atom. The van der Waals surface area contributed by atoms with Crippen molar-refractivity contribution >= 4 is 40.2 Å². The number of benzene rings is 1. The lowest BCUT2D eigenvalue weighted by molar-refractivity contribution is -0.126. The highest BCUT2D eigenvalue weighted by atomic mass is 127. The van der Waals surface area contributed by atoms with E-state index >= 15 is 0 Å². The van der Waals surface area contributed by atoms with Crippen molar-refractivity contribution < 1.29 is 14.4 Å². The highest BCUT2D eigenvalue weighted by Gasteiger charge is 2.11. The minimum absolute atomic E-state index is 0.268. The molecule has 0 aliphatic carbocycles. The zero-order chi connectivity index (χ0) is 12.1. The van der Waals surface area contributed by atoms with Gasteiger partial charge in [0.2, 0.25) is 5.91 Å². The van der Waals surface area contributed by atoms with Crippen LogP contribution in [0.3, 0.4) is 0 Å². The van der Waals surface area contributed by atoms with Gasteiger partial charge in [-0.2, -0.15) is 0 Å². The molecule has 0 unspecified atom stereocenters. The smallest absolute Gasteiger partial charge is 0.257 e. The lowest BCUT2D eigenvalue weighted by Gasteiger charge is -2.02. The minimum Gasteiger partial charge on any atom is -0.299 e. The van der Waals surface area contributed by atoms with Crippen molar-refractivity contribution in [3.05, 3.63) is 33.4 Å². The number of amides is 2. The zero-order valence-electron chi connectivity index (χ0n) is 8.62. The highest BCUT2D eigenvalue weighted by molar-refractivity contribution is 14.1. The Morgan fingerprint density at radius 1 is 1.19 bits per heavy atom. The summed E-state index contributed by atoms with van der Waals surface area (Å²) in [5, 5.41) is 2.15. The number of halogens is 1. The number of hydrogen-bond acceptors (Lipinski definition) is 3. The van der Waals surface area contributed by atoms with E-state index in [-0.39, 0.29) is 12.2 Å². The van der Waals surface area contributed by atoms with Crippen molar-refractivity contribution in [2.75, 3.05) is 0 Å². The van der Waals surface area contributed by atoms with Gasteiger partial charge in [0.25, 0.3) is 5.91 Å². The maximum atomic E-state index is 11.5. The van der Waals surface area contributed by atoms with E-state index in [2.05, 4.69) is 27.9 Å². The molecule has 1 aromatic carbocycles. The SMILES string of the molecule is CC(=O)CC(=O)NC(=O)c1ccc(I)cc1. The Bertz CT molecular complexity index is 425. The van der Waals surface area contributed by atoms with E-state index in [1.807, 2.05) is 0 Å². The van der Waals surface area contributed by atoms with Gasteiger partial charge >= 0.3 is 0 Å². The average Bonchev–Trinajstić information content (AvgIpc) is 2.16. The largest absolute Gasteiger partial charge is 0.299 e. The Hall–Kier alpha value is -1.24. The molecule has 2 amide bonds. The van der Waals surface area contributed by atoms with Crippen molar-refractivity contribution in [1.29, 1.82) is 0 Å². The molecule has 0 saturated carbocycles. The van der Waals surface area contributed by atoms with Crippen LogP contribution in [0.4, 0.5) is 0 Å². The average molecular weight is 331 g/mol. The van der Waals surface area contributed by atoms with Crippen molar-refractivity contribution in [2.24, 2.45) is 0 Å². The molecule has 4 nitrogen and oxygen atoms in total. The predicted octanol–water partition coefficient (Wildman–Crippen LogP) is 1.53. The van der Waals surface area contributed by atoms with Gasteiger partial charge in [0.1, 0.15) is 5.78 Å². The van der Waals surface area contributed by atoms with Crippen molar-refractivity contribution in [1.82, 2.24) is 5.32 Å². The number of rotatable bonds is 3. The first-order valence-electron chi connectivity index (χ1n) is 4.58. The fourth-order valence-electron chi connectivity index (χ4n) is 1.07. The lowest BCUT2D eigenvalue weighted by atomic mass is 10.2. The molecule has 0 radical (unpaired) electrons. The van der Waals surface area contributed by atoms with Crippen molar-refractivity contribution in [3.8, 4) is 0 Å². The quantitative estimate of drug-likeness (QED) is 0.675. The fourth-order valence-corrected chi connectivity index (χ4v) is 1.43. The predicted molar refractivity (Wildman–Crippen MR) is 66.9 cm³/mol. The van der Waals surface area contributed by atoms with E-state index in [0.717, 1.165) is 3.57 Å². The summed E-state index contributed by atoms with van der Waals surface area (Å²) in [7, 11) is 0. The fraction of sp³-hybridized carbons (Fsp3) is 0.182. The molecule has 0 aromatic heterocycles. The first-order valence-corrected chi connectivity index (χ1v) is 5.66. The maximum absolute atomic E-state index is 11.5. The van der Waals surface area contributed by atoms with E-state index in [0.29, 0.717) is 5.56 Å². The Labute approximate surface area is 107 Å². The van der Waals surface area contributed by atoms with Gasteiger partial charge < -0.3 is 0 Å². The molecule has 0 heterocycles. The summed E-state index contributed by atoms with van der Waals surface area (Å²) in [6.07, 6.45) is -0.268. The summed E-state index contributed by atoms with van der Waals surface area (Å²) in [6, 6.07) is 6.78. The molecule has 0 aliphatic rings. The second-order valence-electron chi connectivity index (χ2n) is 3.26. The summed E-state index contributed by atoms with van der Waals surface area (Å²) in [5.41, 5.74) is 0.400. The molecule has 0 aliphatic heterocycles. The number of ketones is 1. The van der Waals surface area contributed by atoms with Crippen LogP contribution in [0.1, 0.15) is 23.7 Å². The molecule has 1 rings (SSSR count). The molecule has 0 saturated heterocycles. The minimum atomic E-state index is -0.573. The van der Waals surface area contributed by atoms with Crippen LogP contribution in [-0.4, -0.2) is 17.6 Å². The third kappa shape index (κ3) is 4.09. The number of nitrogens with one attached hydrogen (secondary N) is 1. The van der Waals surface area contributed by atoms with Crippen LogP contribution < -0.4 is 5.32 Å². The van der Waals surface area contributed by atoms with E-state index in [1.54, 1.807) is 24.3 Å². The molecule has 0 bridgehead atoms. The molecule has 84 valence electrons. The normalized spacial score (nSPS) is 9.62. The van der Waals surface area contributed by atoms with Crippen LogP contribution >= 0.6 is 22.6 Å². The Morgan fingerprint density at radius 3 is 2.25 bits per heavy atom.